The summed E-state index contributed by atoms with van der Waals surface area (Å²) in [6.45, 7) is 5.91. The maximum absolute atomic E-state index is 13.9. The van der Waals surface area contributed by atoms with Gasteiger partial charge in [-0.2, -0.15) is 0 Å². The van der Waals surface area contributed by atoms with Crippen molar-refractivity contribution in [1.82, 2.24) is 14.8 Å². The fraction of sp³-hybridized carbons (Fsp3) is 0.273. The van der Waals surface area contributed by atoms with Crippen LogP contribution in [-0.2, 0) is 11.3 Å². The minimum Gasteiger partial charge on any atom is -0.480 e. The van der Waals surface area contributed by atoms with Crippen molar-refractivity contribution in [2.24, 2.45) is 0 Å². The molecule has 168 valence electrons. The normalized spacial score (nSPS) is 12.8. The molecular formula is C22H23FN4O4S. The molecule has 0 radical (unpaired) electrons. The molecule has 0 aliphatic rings. The van der Waals surface area contributed by atoms with Crippen LogP contribution in [0.4, 0.5) is 10.1 Å². The van der Waals surface area contributed by atoms with Crippen LogP contribution in [0.3, 0.4) is 0 Å². The van der Waals surface area contributed by atoms with Gasteiger partial charge in [-0.15, -0.1) is 10.2 Å². The van der Waals surface area contributed by atoms with Crippen molar-refractivity contribution < 1.29 is 23.8 Å². The zero-order valence-corrected chi connectivity index (χ0v) is 18.6. The number of halogens is 1. The lowest BCUT2D eigenvalue weighted by Gasteiger charge is -2.17. The fourth-order valence-corrected chi connectivity index (χ4v) is 3.87. The van der Waals surface area contributed by atoms with Crippen molar-refractivity contribution in [3.8, 4) is 5.75 Å². The molecule has 0 fully saturated rings. The van der Waals surface area contributed by atoms with Gasteiger partial charge in [-0.1, -0.05) is 30.0 Å². The second-order valence-electron chi connectivity index (χ2n) is 6.91. The fourth-order valence-electron chi connectivity index (χ4n) is 2.95. The van der Waals surface area contributed by atoms with E-state index in [9.17, 15) is 14.0 Å². The number of amides is 1. The highest BCUT2D eigenvalue weighted by Crippen LogP contribution is 2.28. The Balaban J connectivity index is 1.70. The molecule has 3 rings (SSSR count). The van der Waals surface area contributed by atoms with E-state index in [1.165, 1.54) is 30.0 Å². The van der Waals surface area contributed by atoms with E-state index in [1.54, 1.807) is 44.2 Å². The first-order valence-corrected chi connectivity index (χ1v) is 10.8. The number of ether oxygens (including phenoxy) is 1. The smallest absolute Gasteiger partial charge is 0.335 e. The van der Waals surface area contributed by atoms with Crippen molar-refractivity contribution in [3.63, 3.8) is 0 Å². The number of nitrogens with zero attached hydrogens (tertiary/aromatic N) is 3. The summed E-state index contributed by atoms with van der Waals surface area (Å²) in [7, 11) is 0. The van der Waals surface area contributed by atoms with Crippen LogP contribution >= 0.6 is 11.8 Å². The quantitative estimate of drug-likeness (QED) is 0.458. The van der Waals surface area contributed by atoms with Gasteiger partial charge in [0.05, 0.1) is 10.8 Å². The maximum Gasteiger partial charge on any atom is 0.335 e. The number of carbonyl (C=O) groups is 2. The van der Waals surface area contributed by atoms with E-state index in [2.05, 4.69) is 15.5 Å². The number of aromatic nitrogens is 3. The summed E-state index contributed by atoms with van der Waals surface area (Å²) in [5.74, 6) is -1.20. The molecule has 0 aliphatic carbocycles. The van der Waals surface area contributed by atoms with E-state index in [0.717, 1.165) is 0 Å². The molecule has 8 nitrogen and oxygen atoms in total. The molecule has 0 aliphatic heterocycles. The van der Waals surface area contributed by atoms with E-state index >= 15 is 0 Å². The summed E-state index contributed by atoms with van der Waals surface area (Å²) in [5.41, 5.74) is 0.481. The highest BCUT2D eigenvalue weighted by Gasteiger charge is 2.23. The number of para-hydroxylation sites is 1. The molecule has 0 spiro atoms. The highest BCUT2D eigenvalue weighted by atomic mass is 32.2. The van der Waals surface area contributed by atoms with Crippen LogP contribution in [0.15, 0.2) is 53.7 Å². The molecule has 3 aromatic rings. The third-order valence-electron chi connectivity index (χ3n) is 4.59. The summed E-state index contributed by atoms with van der Waals surface area (Å²) >= 11 is 1.21. The molecule has 0 saturated carbocycles. The Bertz CT molecular complexity index is 1120. The SMILES string of the molecule is CCn1c(SC(C)C(=O)Nc2cccc(C(=O)O)c2)nnc1C(C)Oc1ccccc1F. The molecule has 2 aromatic carbocycles. The predicted molar refractivity (Wildman–Crippen MR) is 118 cm³/mol. The van der Waals surface area contributed by atoms with Crippen LogP contribution in [0, 0.1) is 5.82 Å². The Labute approximate surface area is 188 Å². The van der Waals surface area contributed by atoms with Crippen molar-refractivity contribution in [1.29, 1.82) is 0 Å². The lowest BCUT2D eigenvalue weighted by molar-refractivity contribution is -0.115. The summed E-state index contributed by atoms with van der Waals surface area (Å²) in [5, 5.41) is 20.2. The van der Waals surface area contributed by atoms with E-state index < -0.39 is 23.1 Å². The van der Waals surface area contributed by atoms with Gasteiger partial charge < -0.3 is 19.7 Å². The second kappa shape index (κ2) is 10.3. The van der Waals surface area contributed by atoms with Gasteiger partial charge >= 0.3 is 5.97 Å². The molecule has 0 saturated heterocycles. The standard InChI is InChI=1S/C22H23FN4O4S/c1-4-27-19(13(2)31-18-11-6-5-10-17(18)23)25-26-22(27)32-14(3)20(28)24-16-9-7-8-15(12-16)21(29)30/h5-14H,4H2,1-3H3,(H,24,28)(H,29,30). The highest BCUT2D eigenvalue weighted by molar-refractivity contribution is 8.00. The zero-order chi connectivity index (χ0) is 23.3. The number of thioether (sulfide) groups is 1. The second-order valence-corrected chi connectivity index (χ2v) is 8.22. The molecule has 1 heterocycles. The van der Waals surface area contributed by atoms with Crippen LogP contribution in [-0.4, -0.2) is 37.0 Å². The average molecular weight is 459 g/mol. The summed E-state index contributed by atoms with van der Waals surface area (Å²) in [4.78, 5) is 23.7. The van der Waals surface area contributed by atoms with Crippen LogP contribution in [0.25, 0.3) is 0 Å². The minimum absolute atomic E-state index is 0.0855. The summed E-state index contributed by atoms with van der Waals surface area (Å²) in [6, 6.07) is 12.2. The Morgan fingerprint density at radius 3 is 2.62 bits per heavy atom. The predicted octanol–water partition coefficient (Wildman–Crippen LogP) is 4.39. The molecule has 1 amide bonds. The van der Waals surface area contributed by atoms with Gasteiger partial charge in [0.1, 0.15) is 0 Å². The molecule has 2 unspecified atom stereocenters. The third kappa shape index (κ3) is 5.44. The summed E-state index contributed by atoms with van der Waals surface area (Å²) < 4.78 is 21.4. The van der Waals surface area contributed by atoms with Crippen LogP contribution < -0.4 is 10.1 Å². The van der Waals surface area contributed by atoms with Crippen molar-refractivity contribution in [2.75, 3.05) is 5.32 Å². The Morgan fingerprint density at radius 2 is 1.94 bits per heavy atom. The van der Waals surface area contributed by atoms with Crippen molar-refractivity contribution in [2.45, 2.75) is 43.8 Å². The number of carboxylic acids is 1. The first-order chi connectivity index (χ1) is 15.3. The monoisotopic (exact) mass is 458 g/mol. The lowest BCUT2D eigenvalue weighted by atomic mass is 10.2. The largest absolute Gasteiger partial charge is 0.480 e. The Kier molecular flexibility index (Phi) is 7.47. The maximum atomic E-state index is 13.9. The van der Waals surface area contributed by atoms with Gasteiger partial charge in [0, 0.05) is 12.2 Å². The number of anilines is 1. The number of carbonyl (C=O) groups excluding carboxylic acids is 1. The third-order valence-corrected chi connectivity index (χ3v) is 5.67. The number of aromatic carboxylic acids is 1. The number of benzene rings is 2. The topological polar surface area (TPSA) is 106 Å². The Morgan fingerprint density at radius 1 is 1.19 bits per heavy atom. The van der Waals surface area contributed by atoms with Gasteiger partial charge in [0.2, 0.25) is 5.91 Å². The number of hydrogen-bond acceptors (Lipinski definition) is 6. The number of nitrogens with one attached hydrogen (secondary N) is 1. The van der Waals surface area contributed by atoms with Gasteiger partial charge in [-0.3, -0.25) is 4.79 Å². The van der Waals surface area contributed by atoms with Crippen molar-refractivity contribution >= 4 is 29.3 Å². The van der Waals surface area contributed by atoms with E-state index in [1.807, 2.05) is 11.5 Å². The molecule has 2 N–H and O–H groups in total. The van der Waals surface area contributed by atoms with Crippen LogP contribution in [0.2, 0.25) is 0 Å². The number of rotatable bonds is 9. The van der Waals surface area contributed by atoms with E-state index in [-0.39, 0.29) is 17.2 Å². The van der Waals surface area contributed by atoms with E-state index in [4.69, 9.17) is 9.84 Å². The van der Waals surface area contributed by atoms with Gasteiger partial charge in [-0.05, 0) is 51.1 Å². The first kappa shape index (κ1) is 23.3. The van der Waals surface area contributed by atoms with Gasteiger partial charge in [0.25, 0.3) is 0 Å². The molecule has 32 heavy (non-hydrogen) atoms. The van der Waals surface area contributed by atoms with Crippen LogP contribution in [0.5, 0.6) is 5.75 Å². The lowest BCUT2D eigenvalue weighted by Crippen LogP contribution is -2.23. The van der Waals surface area contributed by atoms with Gasteiger partial charge in [-0.25, -0.2) is 9.18 Å². The average Bonchev–Trinajstić information content (AvgIpc) is 3.18. The van der Waals surface area contributed by atoms with E-state index in [0.29, 0.717) is 23.2 Å². The Hall–Kier alpha value is -3.40. The molecule has 1 aromatic heterocycles. The van der Waals surface area contributed by atoms with Crippen LogP contribution in [0.1, 0.15) is 43.1 Å². The van der Waals surface area contributed by atoms with Gasteiger partial charge in [0.15, 0.2) is 28.7 Å². The summed E-state index contributed by atoms with van der Waals surface area (Å²) in [6.07, 6.45) is -0.559. The zero-order valence-electron chi connectivity index (χ0n) is 17.8. The molecule has 10 heteroatoms. The number of carboxylic acid groups (broad SMARTS) is 1. The minimum atomic E-state index is -1.07. The molecular weight excluding hydrogens is 435 g/mol. The molecule has 2 atom stereocenters. The first-order valence-electron chi connectivity index (χ1n) is 9.95. The van der Waals surface area contributed by atoms with Crippen molar-refractivity contribution in [3.05, 3.63) is 65.7 Å². The molecule has 0 bridgehead atoms. The number of hydrogen-bond donors (Lipinski definition) is 2.